The monoisotopic (exact) mass is 312 g/mol. The van der Waals surface area contributed by atoms with E-state index in [9.17, 15) is 9.18 Å². The van der Waals surface area contributed by atoms with E-state index in [0.29, 0.717) is 20.6 Å². The number of carbonyl (C=O) groups is 1. The van der Waals surface area contributed by atoms with E-state index in [1.165, 1.54) is 12.1 Å². The molecule has 0 saturated heterocycles. The van der Waals surface area contributed by atoms with Crippen LogP contribution in [0, 0.1) is 5.82 Å². The number of hydrogen-bond donors (Lipinski definition) is 0. The molecule has 2 aromatic rings. The first kappa shape index (κ1) is 12.3. The lowest BCUT2D eigenvalue weighted by Crippen LogP contribution is -2.01. The minimum Gasteiger partial charge on any atom is -0.289 e. The van der Waals surface area contributed by atoms with Crippen LogP contribution in [0.5, 0.6) is 0 Å². The molecule has 0 radical (unpaired) electrons. The summed E-state index contributed by atoms with van der Waals surface area (Å²) in [5, 5.41) is 0.478. The molecule has 0 aliphatic rings. The number of rotatable bonds is 2. The van der Waals surface area contributed by atoms with Gasteiger partial charge in [-0.15, -0.1) is 0 Å². The predicted molar refractivity (Wildman–Crippen MR) is 69.0 cm³/mol. The van der Waals surface area contributed by atoms with Crippen LogP contribution >= 0.6 is 27.5 Å². The van der Waals surface area contributed by atoms with Crippen LogP contribution in [0.25, 0.3) is 0 Å². The fourth-order valence-electron chi connectivity index (χ4n) is 1.48. The highest BCUT2D eigenvalue weighted by Crippen LogP contribution is 2.19. The predicted octanol–water partition coefficient (Wildman–Crippen LogP) is 4.47. The highest BCUT2D eigenvalue weighted by Gasteiger charge is 2.11. The standard InChI is InChI=1S/C13H7BrClFO/c14-10-4-9(6-12(16)7-10)13(17)8-2-1-3-11(15)5-8/h1-7H. The highest BCUT2D eigenvalue weighted by molar-refractivity contribution is 9.10. The Balaban J connectivity index is 2.43. The highest BCUT2D eigenvalue weighted by atomic mass is 79.9. The summed E-state index contributed by atoms with van der Waals surface area (Å²) in [6.07, 6.45) is 0. The average Bonchev–Trinajstić information content (AvgIpc) is 2.26. The molecule has 2 rings (SSSR count). The summed E-state index contributed by atoms with van der Waals surface area (Å²) >= 11 is 8.95. The fraction of sp³-hybridized carbons (Fsp3) is 0. The van der Waals surface area contributed by atoms with Crippen molar-refractivity contribution in [2.45, 2.75) is 0 Å². The van der Waals surface area contributed by atoms with Crippen LogP contribution in [0.1, 0.15) is 15.9 Å². The Morgan fingerprint density at radius 3 is 2.53 bits per heavy atom. The molecule has 0 aromatic heterocycles. The van der Waals surface area contributed by atoms with Crippen molar-refractivity contribution in [3.05, 3.63) is 68.9 Å². The van der Waals surface area contributed by atoms with Gasteiger partial charge in [-0.3, -0.25) is 4.79 Å². The largest absolute Gasteiger partial charge is 0.289 e. The third kappa shape index (κ3) is 2.93. The van der Waals surface area contributed by atoms with Gasteiger partial charge in [0.1, 0.15) is 5.82 Å². The van der Waals surface area contributed by atoms with Gasteiger partial charge < -0.3 is 0 Å². The summed E-state index contributed by atoms with van der Waals surface area (Å²) in [5.41, 5.74) is 0.731. The van der Waals surface area contributed by atoms with Gasteiger partial charge in [-0.1, -0.05) is 39.7 Å². The first-order valence-corrected chi connectivity index (χ1v) is 6.00. The van der Waals surface area contributed by atoms with Crippen LogP contribution in [0.4, 0.5) is 4.39 Å². The molecule has 0 fully saturated rings. The zero-order valence-electron chi connectivity index (χ0n) is 8.58. The molecule has 0 unspecified atom stereocenters. The number of halogens is 3. The average molecular weight is 314 g/mol. The van der Waals surface area contributed by atoms with Gasteiger partial charge in [0, 0.05) is 20.6 Å². The van der Waals surface area contributed by atoms with E-state index in [1.54, 1.807) is 30.3 Å². The minimum atomic E-state index is -0.454. The molecule has 0 atom stereocenters. The van der Waals surface area contributed by atoms with Crippen molar-refractivity contribution in [2.24, 2.45) is 0 Å². The third-order valence-corrected chi connectivity index (χ3v) is 2.90. The molecule has 0 aliphatic heterocycles. The summed E-state index contributed by atoms with van der Waals surface area (Å²) < 4.78 is 13.7. The summed E-state index contributed by atoms with van der Waals surface area (Å²) in [4.78, 5) is 12.1. The van der Waals surface area contributed by atoms with Crippen molar-refractivity contribution in [3.8, 4) is 0 Å². The van der Waals surface area contributed by atoms with Gasteiger partial charge in [-0.25, -0.2) is 4.39 Å². The maximum Gasteiger partial charge on any atom is 0.193 e. The molecule has 0 amide bonds. The quantitative estimate of drug-likeness (QED) is 0.748. The maximum absolute atomic E-state index is 13.2. The van der Waals surface area contributed by atoms with Gasteiger partial charge in [-0.05, 0) is 30.3 Å². The van der Waals surface area contributed by atoms with Crippen molar-refractivity contribution in [3.63, 3.8) is 0 Å². The molecule has 0 saturated carbocycles. The fourth-order valence-corrected chi connectivity index (χ4v) is 2.14. The molecular weight excluding hydrogens is 306 g/mol. The van der Waals surface area contributed by atoms with Gasteiger partial charge in [0.2, 0.25) is 0 Å². The van der Waals surface area contributed by atoms with Gasteiger partial charge in [0.05, 0.1) is 0 Å². The van der Waals surface area contributed by atoms with Crippen molar-refractivity contribution in [1.29, 1.82) is 0 Å². The Morgan fingerprint density at radius 2 is 1.88 bits per heavy atom. The lowest BCUT2D eigenvalue weighted by atomic mass is 10.0. The Hall–Kier alpha value is -1.19. The molecule has 1 nitrogen and oxygen atoms in total. The van der Waals surface area contributed by atoms with Crippen LogP contribution in [0.15, 0.2) is 46.9 Å². The first-order chi connectivity index (χ1) is 8.06. The second-order valence-corrected chi connectivity index (χ2v) is 4.85. The van der Waals surface area contributed by atoms with Crippen LogP contribution in [-0.2, 0) is 0 Å². The first-order valence-electron chi connectivity index (χ1n) is 4.82. The Labute approximate surface area is 111 Å². The zero-order chi connectivity index (χ0) is 12.4. The SMILES string of the molecule is O=C(c1cccc(Cl)c1)c1cc(F)cc(Br)c1. The molecule has 86 valence electrons. The molecule has 17 heavy (non-hydrogen) atoms. The van der Waals surface area contributed by atoms with Crippen molar-refractivity contribution < 1.29 is 9.18 Å². The van der Waals surface area contributed by atoms with Gasteiger partial charge >= 0.3 is 0 Å². The smallest absolute Gasteiger partial charge is 0.193 e. The number of hydrogen-bond acceptors (Lipinski definition) is 1. The number of benzene rings is 2. The van der Waals surface area contributed by atoms with Crippen molar-refractivity contribution in [2.75, 3.05) is 0 Å². The molecule has 0 bridgehead atoms. The zero-order valence-corrected chi connectivity index (χ0v) is 10.9. The Morgan fingerprint density at radius 1 is 1.12 bits per heavy atom. The van der Waals surface area contributed by atoms with E-state index < -0.39 is 5.82 Å². The topological polar surface area (TPSA) is 17.1 Å². The third-order valence-electron chi connectivity index (χ3n) is 2.21. The number of ketones is 1. The maximum atomic E-state index is 13.2. The summed E-state index contributed by atoms with van der Waals surface area (Å²) in [7, 11) is 0. The van der Waals surface area contributed by atoms with Gasteiger partial charge in [0.25, 0.3) is 0 Å². The van der Waals surface area contributed by atoms with Crippen LogP contribution < -0.4 is 0 Å². The number of carbonyl (C=O) groups excluding carboxylic acids is 1. The lowest BCUT2D eigenvalue weighted by Gasteiger charge is -2.03. The van der Waals surface area contributed by atoms with Crippen LogP contribution in [-0.4, -0.2) is 5.78 Å². The second-order valence-electron chi connectivity index (χ2n) is 3.50. The molecule has 0 heterocycles. The molecule has 0 N–H and O–H groups in total. The summed E-state index contributed by atoms with van der Waals surface area (Å²) in [5.74, 6) is -0.711. The molecule has 4 heteroatoms. The van der Waals surface area contributed by atoms with Crippen molar-refractivity contribution in [1.82, 2.24) is 0 Å². The molecular formula is C13H7BrClFO. The van der Waals surface area contributed by atoms with E-state index in [2.05, 4.69) is 15.9 Å². The molecule has 0 aliphatic carbocycles. The van der Waals surface area contributed by atoms with E-state index in [4.69, 9.17) is 11.6 Å². The normalized spacial score (nSPS) is 10.3. The second kappa shape index (κ2) is 4.98. The van der Waals surface area contributed by atoms with Gasteiger partial charge in [-0.2, -0.15) is 0 Å². The van der Waals surface area contributed by atoms with Crippen LogP contribution in [0.2, 0.25) is 5.02 Å². The Bertz CT molecular complexity index is 563. The summed E-state index contributed by atoms with van der Waals surface area (Å²) in [6, 6.07) is 10.6. The summed E-state index contributed by atoms with van der Waals surface area (Å²) in [6.45, 7) is 0. The molecule has 2 aromatic carbocycles. The van der Waals surface area contributed by atoms with Crippen molar-refractivity contribution >= 4 is 33.3 Å². The van der Waals surface area contributed by atoms with E-state index in [-0.39, 0.29) is 5.78 Å². The Kier molecular flexibility index (Phi) is 3.60. The lowest BCUT2D eigenvalue weighted by molar-refractivity contribution is 0.103. The minimum absolute atomic E-state index is 0.257. The van der Waals surface area contributed by atoms with E-state index >= 15 is 0 Å². The molecule has 0 spiro atoms. The van der Waals surface area contributed by atoms with Crippen LogP contribution in [0.3, 0.4) is 0 Å². The van der Waals surface area contributed by atoms with E-state index in [1.807, 2.05) is 0 Å². The van der Waals surface area contributed by atoms with E-state index in [0.717, 1.165) is 0 Å². The van der Waals surface area contributed by atoms with Gasteiger partial charge in [0.15, 0.2) is 5.78 Å².